The third kappa shape index (κ3) is 3.42. The van der Waals surface area contributed by atoms with Crippen LogP contribution in [0.3, 0.4) is 0 Å². The fraction of sp³-hybridized carbons (Fsp3) is 0.667. The van der Waals surface area contributed by atoms with E-state index in [0.29, 0.717) is 23.7 Å². The molecule has 120 valence electrons. The van der Waals surface area contributed by atoms with Crippen LogP contribution in [0.15, 0.2) is 0 Å². The highest BCUT2D eigenvalue weighted by Gasteiger charge is 2.25. The lowest BCUT2D eigenvalue weighted by molar-refractivity contribution is 0.00597. The van der Waals surface area contributed by atoms with Crippen LogP contribution in [0.2, 0.25) is 0 Å². The van der Waals surface area contributed by atoms with Gasteiger partial charge in [0, 0.05) is 44.1 Å². The summed E-state index contributed by atoms with van der Waals surface area (Å²) < 4.78 is 5.32. The molecule has 6 nitrogen and oxygen atoms in total. The maximum Gasteiger partial charge on any atom is 0.104 e. The molecule has 3 heterocycles. The van der Waals surface area contributed by atoms with Gasteiger partial charge >= 0.3 is 0 Å². The zero-order valence-electron chi connectivity index (χ0n) is 12.6. The maximum absolute atomic E-state index is 10.3. The van der Waals surface area contributed by atoms with E-state index >= 15 is 0 Å². The molecule has 2 aliphatic heterocycles. The minimum Gasteiger partial charge on any atom is -0.390 e. The number of nitrogen functional groups attached to an aromatic ring is 1. The van der Waals surface area contributed by atoms with E-state index in [4.69, 9.17) is 15.7 Å². The van der Waals surface area contributed by atoms with Gasteiger partial charge in [-0.15, -0.1) is 11.3 Å². The van der Waals surface area contributed by atoms with Gasteiger partial charge in [0.2, 0.25) is 0 Å². The standard InChI is InChI=1S/C15H22N4O2S/c16-7-13-12-1-2-19(10-14(12)22-15(13)17)9-11(20)8-18-3-5-21-6-4-18/h11,20H,1-6,8-10,17H2. The van der Waals surface area contributed by atoms with E-state index in [1.807, 2.05) is 0 Å². The van der Waals surface area contributed by atoms with Gasteiger partial charge in [-0.05, 0) is 12.0 Å². The number of nitrogens with two attached hydrogens (primary N) is 1. The summed E-state index contributed by atoms with van der Waals surface area (Å²) in [4.78, 5) is 5.68. The van der Waals surface area contributed by atoms with Crippen molar-refractivity contribution in [1.29, 1.82) is 5.26 Å². The van der Waals surface area contributed by atoms with Crippen LogP contribution < -0.4 is 5.73 Å². The normalized spacial score (nSPS) is 21.3. The molecule has 0 aromatic carbocycles. The molecule has 3 rings (SSSR count). The van der Waals surface area contributed by atoms with Gasteiger partial charge in [-0.3, -0.25) is 9.80 Å². The van der Waals surface area contributed by atoms with Crippen LogP contribution in [0, 0.1) is 11.3 Å². The smallest absolute Gasteiger partial charge is 0.104 e. The monoisotopic (exact) mass is 322 g/mol. The zero-order chi connectivity index (χ0) is 15.5. The van der Waals surface area contributed by atoms with Crippen LogP contribution in [0.1, 0.15) is 16.0 Å². The first-order valence-electron chi connectivity index (χ1n) is 7.68. The number of β-amino-alcohol motifs (C(OH)–C–C–N with tert-alkyl or cyclic N) is 1. The number of fused-ring (bicyclic) bond motifs is 1. The van der Waals surface area contributed by atoms with Crippen LogP contribution in [-0.4, -0.2) is 66.9 Å². The number of nitriles is 1. The van der Waals surface area contributed by atoms with E-state index in [0.717, 1.165) is 51.4 Å². The predicted molar refractivity (Wildman–Crippen MR) is 85.7 cm³/mol. The van der Waals surface area contributed by atoms with Gasteiger partial charge < -0.3 is 15.6 Å². The molecule has 2 aliphatic rings. The Balaban J connectivity index is 1.55. The molecular formula is C15H22N4O2S. The van der Waals surface area contributed by atoms with E-state index in [1.54, 1.807) is 0 Å². The number of ether oxygens (including phenoxy) is 1. The molecule has 0 amide bonds. The van der Waals surface area contributed by atoms with Gasteiger partial charge in [-0.2, -0.15) is 5.26 Å². The predicted octanol–water partition coefficient (Wildman–Crippen LogP) is 0.253. The quantitative estimate of drug-likeness (QED) is 0.827. The Morgan fingerprint density at radius 2 is 2.00 bits per heavy atom. The molecule has 1 saturated heterocycles. The second kappa shape index (κ2) is 6.94. The Morgan fingerprint density at radius 1 is 1.27 bits per heavy atom. The summed E-state index contributed by atoms with van der Waals surface area (Å²) >= 11 is 1.51. The molecule has 0 aliphatic carbocycles. The van der Waals surface area contributed by atoms with Crippen molar-refractivity contribution in [3.8, 4) is 6.07 Å². The Kier molecular flexibility index (Phi) is 4.96. The van der Waals surface area contributed by atoms with Crippen LogP contribution in [0.25, 0.3) is 0 Å². The number of hydrogen-bond donors (Lipinski definition) is 2. The van der Waals surface area contributed by atoms with Gasteiger partial charge in [0.25, 0.3) is 0 Å². The van der Waals surface area contributed by atoms with Crippen molar-refractivity contribution in [2.75, 3.05) is 51.7 Å². The van der Waals surface area contributed by atoms with Crippen molar-refractivity contribution in [3.05, 3.63) is 16.0 Å². The first-order valence-corrected chi connectivity index (χ1v) is 8.49. The number of anilines is 1. The van der Waals surface area contributed by atoms with Gasteiger partial charge in [0.15, 0.2) is 0 Å². The van der Waals surface area contributed by atoms with Crippen molar-refractivity contribution in [2.45, 2.75) is 19.1 Å². The largest absolute Gasteiger partial charge is 0.390 e. The molecule has 0 saturated carbocycles. The lowest BCUT2D eigenvalue weighted by Crippen LogP contribution is -2.45. The minimum absolute atomic E-state index is 0.354. The summed E-state index contributed by atoms with van der Waals surface area (Å²) in [7, 11) is 0. The second-order valence-corrected chi connectivity index (χ2v) is 7.04. The third-order valence-corrected chi connectivity index (χ3v) is 5.36. The van der Waals surface area contributed by atoms with E-state index < -0.39 is 0 Å². The van der Waals surface area contributed by atoms with Crippen molar-refractivity contribution < 1.29 is 9.84 Å². The average Bonchev–Trinajstić information content (AvgIpc) is 2.82. The summed E-state index contributed by atoms with van der Waals surface area (Å²) in [6, 6.07) is 2.21. The molecule has 1 fully saturated rings. The van der Waals surface area contributed by atoms with Crippen LogP contribution >= 0.6 is 11.3 Å². The van der Waals surface area contributed by atoms with Gasteiger partial charge in [-0.25, -0.2) is 0 Å². The van der Waals surface area contributed by atoms with Crippen molar-refractivity contribution in [3.63, 3.8) is 0 Å². The van der Waals surface area contributed by atoms with E-state index in [1.165, 1.54) is 16.2 Å². The van der Waals surface area contributed by atoms with Gasteiger partial charge in [-0.1, -0.05) is 0 Å². The van der Waals surface area contributed by atoms with E-state index in [9.17, 15) is 5.11 Å². The van der Waals surface area contributed by atoms with Gasteiger partial charge in [0.1, 0.15) is 11.1 Å². The summed E-state index contributed by atoms with van der Waals surface area (Å²) in [5.41, 5.74) is 7.69. The number of morpholine rings is 1. The van der Waals surface area contributed by atoms with Gasteiger partial charge in [0.05, 0.1) is 24.9 Å². The molecule has 0 bridgehead atoms. The Labute approximate surface area is 134 Å². The molecule has 1 aromatic heterocycles. The van der Waals surface area contributed by atoms with Crippen LogP contribution in [-0.2, 0) is 17.7 Å². The molecule has 1 aromatic rings. The highest BCUT2D eigenvalue weighted by atomic mass is 32.1. The number of hydrogen-bond acceptors (Lipinski definition) is 7. The lowest BCUT2D eigenvalue weighted by atomic mass is 10.0. The minimum atomic E-state index is -0.354. The summed E-state index contributed by atoms with van der Waals surface area (Å²) in [5, 5.41) is 20.1. The first-order chi connectivity index (χ1) is 10.7. The highest BCUT2D eigenvalue weighted by molar-refractivity contribution is 7.16. The zero-order valence-corrected chi connectivity index (χ0v) is 13.4. The molecular weight excluding hydrogens is 300 g/mol. The van der Waals surface area contributed by atoms with Crippen LogP contribution in [0.5, 0.6) is 0 Å². The van der Waals surface area contributed by atoms with E-state index in [2.05, 4.69) is 15.9 Å². The van der Waals surface area contributed by atoms with Crippen molar-refractivity contribution in [1.82, 2.24) is 9.80 Å². The molecule has 1 unspecified atom stereocenters. The second-order valence-electron chi connectivity index (χ2n) is 5.91. The number of aliphatic hydroxyl groups excluding tert-OH is 1. The highest BCUT2D eigenvalue weighted by Crippen LogP contribution is 2.34. The van der Waals surface area contributed by atoms with Crippen molar-refractivity contribution >= 4 is 16.3 Å². The lowest BCUT2D eigenvalue weighted by Gasteiger charge is -2.32. The Hall–Kier alpha value is -1.17. The Morgan fingerprint density at radius 3 is 2.73 bits per heavy atom. The fourth-order valence-electron chi connectivity index (χ4n) is 3.19. The third-order valence-electron chi connectivity index (χ3n) is 4.32. The first kappa shape index (κ1) is 15.7. The number of rotatable bonds is 4. The van der Waals surface area contributed by atoms with E-state index in [-0.39, 0.29) is 6.10 Å². The SMILES string of the molecule is N#Cc1c(N)sc2c1CCN(CC(O)CN1CCOCC1)C2. The molecule has 22 heavy (non-hydrogen) atoms. The maximum atomic E-state index is 10.3. The topological polar surface area (TPSA) is 85.8 Å². The summed E-state index contributed by atoms with van der Waals surface area (Å²) in [6.45, 7) is 6.32. The number of aliphatic hydroxyl groups is 1. The van der Waals surface area contributed by atoms with Crippen LogP contribution in [0.4, 0.5) is 5.00 Å². The fourth-order valence-corrected chi connectivity index (χ4v) is 4.30. The summed E-state index contributed by atoms with van der Waals surface area (Å²) in [5.74, 6) is 0. The molecule has 0 radical (unpaired) electrons. The average molecular weight is 322 g/mol. The van der Waals surface area contributed by atoms with Crippen molar-refractivity contribution in [2.24, 2.45) is 0 Å². The summed E-state index contributed by atoms with van der Waals surface area (Å²) in [6.07, 6.45) is 0.489. The number of thiophene rings is 1. The molecule has 7 heteroatoms. The molecule has 0 spiro atoms. The molecule has 1 atom stereocenters. The Bertz CT molecular complexity index is 563. The molecule has 3 N–H and O–H groups in total. The number of nitrogens with zero attached hydrogens (tertiary/aromatic N) is 3.